The molecule has 5 heteroatoms. The van der Waals surface area contributed by atoms with Crippen molar-refractivity contribution in [1.29, 1.82) is 0 Å². The van der Waals surface area contributed by atoms with Crippen LogP contribution in [0.15, 0.2) is 0 Å². The minimum Gasteiger partial charge on any atom is -0.385 e. The minimum absolute atomic E-state index is 0.352. The molecule has 1 heterocycles. The summed E-state index contributed by atoms with van der Waals surface area (Å²) < 4.78 is 16.3. The first-order chi connectivity index (χ1) is 8.70. The van der Waals surface area contributed by atoms with Crippen molar-refractivity contribution in [2.45, 2.75) is 64.1 Å². The van der Waals surface area contributed by atoms with E-state index in [4.69, 9.17) is 14.2 Å². The van der Waals surface area contributed by atoms with Crippen molar-refractivity contribution in [2.75, 3.05) is 19.8 Å². The highest BCUT2D eigenvalue weighted by atomic mass is 16.7. The topological polar surface area (TPSA) is 68.2 Å². The van der Waals surface area contributed by atoms with Crippen LogP contribution in [0.2, 0.25) is 0 Å². The molecular formula is C13H26O5. The molecule has 4 atom stereocenters. The molecule has 5 nitrogen and oxygen atoms in total. The summed E-state index contributed by atoms with van der Waals surface area (Å²) in [5.74, 6) is 0. The van der Waals surface area contributed by atoms with Crippen LogP contribution in [0.5, 0.6) is 0 Å². The van der Waals surface area contributed by atoms with Crippen LogP contribution < -0.4 is 0 Å². The molecule has 18 heavy (non-hydrogen) atoms. The van der Waals surface area contributed by atoms with Gasteiger partial charge in [-0.1, -0.05) is 26.7 Å². The lowest BCUT2D eigenvalue weighted by Crippen LogP contribution is -2.37. The lowest BCUT2D eigenvalue weighted by atomic mass is 10.1. The number of hydrogen-bond acceptors (Lipinski definition) is 5. The van der Waals surface area contributed by atoms with E-state index in [1.807, 2.05) is 0 Å². The van der Waals surface area contributed by atoms with E-state index < -0.39 is 18.5 Å². The predicted molar refractivity (Wildman–Crippen MR) is 67.3 cm³/mol. The summed E-state index contributed by atoms with van der Waals surface area (Å²) in [4.78, 5) is 0. The first-order valence-electron chi connectivity index (χ1n) is 6.91. The predicted octanol–water partition coefficient (Wildman–Crippen LogP) is 1.07. The molecular weight excluding hydrogens is 236 g/mol. The number of hydrogen-bond donors (Lipinski definition) is 2. The molecule has 0 bridgehead atoms. The van der Waals surface area contributed by atoms with E-state index in [2.05, 4.69) is 13.8 Å². The van der Waals surface area contributed by atoms with Crippen LogP contribution in [0.1, 0.15) is 39.5 Å². The molecule has 1 aliphatic heterocycles. The van der Waals surface area contributed by atoms with Crippen LogP contribution in [0.3, 0.4) is 0 Å². The Morgan fingerprint density at radius 1 is 1.06 bits per heavy atom. The molecule has 2 N–H and O–H groups in total. The van der Waals surface area contributed by atoms with Crippen LogP contribution in [-0.2, 0) is 14.2 Å². The molecule has 108 valence electrons. The number of rotatable bonds is 9. The third-order valence-electron chi connectivity index (χ3n) is 3.04. The molecule has 0 aromatic carbocycles. The monoisotopic (exact) mass is 262 g/mol. The summed E-state index contributed by atoms with van der Waals surface area (Å²) in [5.41, 5.74) is 0. The summed E-state index contributed by atoms with van der Waals surface area (Å²) in [6.07, 6.45) is 1.01. The van der Waals surface area contributed by atoms with Crippen LogP contribution >= 0.6 is 0 Å². The van der Waals surface area contributed by atoms with Gasteiger partial charge >= 0.3 is 0 Å². The van der Waals surface area contributed by atoms with Gasteiger partial charge in [-0.05, 0) is 12.8 Å². The van der Waals surface area contributed by atoms with Gasteiger partial charge in [0.15, 0.2) is 6.29 Å². The van der Waals surface area contributed by atoms with Gasteiger partial charge in [-0.2, -0.15) is 0 Å². The second-order valence-corrected chi connectivity index (χ2v) is 4.67. The van der Waals surface area contributed by atoms with Crippen molar-refractivity contribution in [3.63, 3.8) is 0 Å². The van der Waals surface area contributed by atoms with Gasteiger partial charge in [0.25, 0.3) is 0 Å². The summed E-state index contributed by atoms with van der Waals surface area (Å²) >= 11 is 0. The number of aliphatic hydroxyl groups excluding tert-OH is 2. The van der Waals surface area contributed by atoms with E-state index >= 15 is 0 Å². The molecule has 0 aromatic rings. The lowest BCUT2D eigenvalue weighted by molar-refractivity contribution is -0.137. The average Bonchev–Trinajstić information content (AvgIpc) is 2.63. The van der Waals surface area contributed by atoms with Crippen LogP contribution in [0.25, 0.3) is 0 Å². The zero-order valence-electron chi connectivity index (χ0n) is 11.4. The Morgan fingerprint density at radius 3 is 2.39 bits per heavy atom. The average molecular weight is 262 g/mol. The van der Waals surface area contributed by atoms with Crippen molar-refractivity contribution >= 4 is 0 Å². The normalized spacial score (nSPS) is 32.0. The number of ether oxygens (including phenoxy) is 3. The van der Waals surface area contributed by atoms with Crippen molar-refractivity contribution in [3.05, 3.63) is 0 Å². The maximum absolute atomic E-state index is 9.77. The van der Waals surface area contributed by atoms with Gasteiger partial charge in [-0.15, -0.1) is 0 Å². The Labute approximate surface area is 109 Å². The van der Waals surface area contributed by atoms with Gasteiger partial charge in [-0.3, -0.25) is 0 Å². The zero-order valence-corrected chi connectivity index (χ0v) is 11.4. The Morgan fingerprint density at radius 2 is 1.72 bits per heavy atom. The van der Waals surface area contributed by atoms with E-state index in [-0.39, 0.29) is 6.10 Å². The van der Waals surface area contributed by atoms with E-state index in [0.29, 0.717) is 19.8 Å². The summed E-state index contributed by atoms with van der Waals surface area (Å²) in [6, 6.07) is 0. The zero-order chi connectivity index (χ0) is 13.4. The van der Waals surface area contributed by atoms with Gasteiger partial charge in [0, 0.05) is 13.2 Å². The quantitative estimate of drug-likeness (QED) is 0.608. The highest BCUT2D eigenvalue weighted by Gasteiger charge is 2.43. The van der Waals surface area contributed by atoms with Gasteiger partial charge in [0.1, 0.15) is 18.3 Å². The molecule has 0 spiro atoms. The third kappa shape index (κ3) is 4.82. The van der Waals surface area contributed by atoms with Crippen molar-refractivity contribution in [1.82, 2.24) is 0 Å². The first-order valence-corrected chi connectivity index (χ1v) is 6.91. The summed E-state index contributed by atoms with van der Waals surface area (Å²) in [6.45, 7) is 5.76. The fourth-order valence-electron chi connectivity index (χ4n) is 1.87. The minimum atomic E-state index is -1.17. The van der Waals surface area contributed by atoms with Crippen LogP contribution in [0.4, 0.5) is 0 Å². The van der Waals surface area contributed by atoms with Gasteiger partial charge in [0.2, 0.25) is 0 Å². The van der Waals surface area contributed by atoms with Gasteiger partial charge < -0.3 is 24.4 Å². The second kappa shape index (κ2) is 8.82. The van der Waals surface area contributed by atoms with Crippen LogP contribution in [0, 0.1) is 0 Å². The summed E-state index contributed by atoms with van der Waals surface area (Å²) in [5, 5.41) is 19.3. The van der Waals surface area contributed by atoms with Gasteiger partial charge in [-0.25, -0.2) is 0 Å². The second-order valence-electron chi connectivity index (χ2n) is 4.67. The molecule has 1 saturated heterocycles. The number of aliphatic hydroxyl groups is 2. The molecule has 0 saturated carbocycles. The lowest BCUT2D eigenvalue weighted by Gasteiger charge is -2.20. The molecule has 0 radical (unpaired) electrons. The van der Waals surface area contributed by atoms with Gasteiger partial charge in [0.05, 0.1) is 6.61 Å². The first kappa shape index (κ1) is 15.9. The number of unbranched alkanes of at least 4 members (excludes halogenated alkanes) is 2. The van der Waals surface area contributed by atoms with E-state index in [9.17, 15) is 10.2 Å². The Bertz CT molecular complexity index is 212. The molecule has 1 aliphatic rings. The highest BCUT2D eigenvalue weighted by Crippen LogP contribution is 2.23. The van der Waals surface area contributed by atoms with Crippen molar-refractivity contribution in [2.24, 2.45) is 0 Å². The smallest absolute Gasteiger partial charge is 0.184 e. The third-order valence-corrected chi connectivity index (χ3v) is 3.04. The van der Waals surface area contributed by atoms with Crippen molar-refractivity contribution < 1.29 is 24.4 Å². The molecule has 0 aromatic heterocycles. The molecule has 1 fully saturated rings. The molecule has 1 rings (SSSR count). The SMILES string of the molecule is CCCCOC[C@H]1OC(O)[C@H](O)C1OCCCC. The summed E-state index contributed by atoms with van der Waals surface area (Å²) in [7, 11) is 0. The van der Waals surface area contributed by atoms with E-state index in [0.717, 1.165) is 25.7 Å². The standard InChI is InChI=1S/C13H26O5/c1-3-5-7-16-9-10-12(17-8-6-4-2)11(14)13(15)18-10/h10-15H,3-9H2,1-2H3/t10-,11-,12?,13?/m1/s1. The van der Waals surface area contributed by atoms with Crippen LogP contribution in [-0.4, -0.2) is 54.6 Å². The van der Waals surface area contributed by atoms with E-state index in [1.165, 1.54) is 0 Å². The Hall–Kier alpha value is -0.200. The maximum Gasteiger partial charge on any atom is 0.184 e. The molecule has 0 aliphatic carbocycles. The molecule has 2 unspecified atom stereocenters. The fourth-order valence-corrected chi connectivity index (χ4v) is 1.87. The van der Waals surface area contributed by atoms with Crippen molar-refractivity contribution in [3.8, 4) is 0 Å². The maximum atomic E-state index is 9.77. The fraction of sp³-hybridized carbons (Fsp3) is 1.00. The Balaban J connectivity index is 2.32. The highest BCUT2D eigenvalue weighted by molar-refractivity contribution is 4.87. The molecule has 0 amide bonds. The largest absolute Gasteiger partial charge is 0.385 e. The Kier molecular flexibility index (Phi) is 7.77. The van der Waals surface area contributed by atoms with E-state index in [1.54, 1.807) is 0 Å².